The lowest BCUT2D eigenvalue weighted by molar-refractivity contribution is 0.414. The Hall–Kier alpha value is -1.31. The summed E-state index contributed by atoms with van der Waals surface area (Å²) in [5.74, 6) is 0.669. The Balaban J connectivity index is 2.36. The van der Waals surface area contributed by atoms with E-state index in [0.29, 0.717) is 17.1 Å². The molecule has 0 bridgehead atoms. The van der Waals surface area contributed by atoms with Crippen molar-refractivity contribution >= 4 is 38.6 Å². The fourth-order valence-corrected chi connectivity index (χ4v) is 4.54. The third kappa shape index (κ3) is 3.05. The van der Waals surface area contributed by atoms with Gasteiger partial charge in [0.2, 0.25) is 0 Å². The molecule has 0 spiro atoms. The summed E-state index contributed by atoms with van der Waals surface area (Å²) >= 11 is 6.68. The molecule has 0 fully saturated rings. The highest BCUT2D eigenvalue weighted by atomic mass is 35.5. The quantitative estimate of drug-likeness (QED) is 0.933. The molecule has 1 aromatic carbocycles. The summed E-state index contributed by atoms with van der Waals surface area (Å²) in [6.07, 6.45) is 0. The fraction of sp³-hybridized carbons (Fsp3) is 0.250. The van der Waals surface area contributed by atoms with Crippen molar-refractivity contribution in [1.29, 1.82) is 0 Å². The Labute approximate surface area is 126 Å². The van der Waals surface area contributed by atoms with Crippen LogP contribution >= 0.6 is 22.9 Å². The highest BCUT2D eigenvalue weighted by molar-refractivity contribution is 7.94. The number of ether oxygens (including phenoxy) is 1. The number of anilines is 1. The molecule has 8 heteroatoms. The Kier molecular flexibility index (Phi) is 4.22. The first-order valence-corrected chi connectivity index (χ1v) is 8.31. The summed E-state index contributed by atoms with van der Waals surface area (Å²) in [7, 11) is -2.13. The maximum atomic E-state index is 12.3. The number of nitrogens with one attached hydrogen (secondary N) is 1. The van der Waals surface area contributed by atoms with E-state index in [1.54, 1.807) is 39.2 Å². The molecule has 108 valence electrons. The Bertz CT molecular complexity index is 741. The van der Waals surface area contributed by atoms with Gasteiger partial charge in [0.05, 0.1) is 18.5 Å². The molecule has 0 aliphatic rings. The number of rotatable bonds is 4. The van der Waals surface area contributed by atoms with Crippen LogP contribution in [-0.4, -0.2) is 20.5 Å². The van der Waals surface area contributed by atoms with Crippen LogP contribution in [0, 0.1) is 13.8 Å². The van der Waals surface area contributed by atoms with Crippen LogP contribution in [0.2, 0.25) is 4.47 Å². The van der Waals surface area contributed by atoms with Crippen LogP contribution in [0.1, 0.15) is 11.3 Å². The summed E-state index contributed by atoms with van der Waals surface area (Å²) in [6, 6.07) is 5.10. The summed E-state index contributed by atoms with van der Waals surface area (Å²) in [6.45, 7) is 3.41. The predicted octanol–water partition coefficient (Wildman–Crippen LogP) is 3.22. The van der Waals surface area contributed by atoms with Crippen LogP contribution in [0.25, 0.3) is 0 Å². The first-order chi connectivity index (χ1) is 9.33. The molecule has 0 atom stereocenters. The molecule has 5 nitrogen and oxygen atoms in total. The highest BCUT2D eigenvalue weighted by Gasteiger charge is 2.22. The van der Waals surface area contributed by atoms with Crippen molar-refractivity contribution in [3.8, 4) is 5.75 Å². The largest absolute Gasteiger partial charge is 0.497 e. The van der Waals surface area contributed by atoms with Crippen molar-refractivity contribution in [2.75, 3.05) is 11.8 Å². The van der Waals surface area contributed by atoms with Crippen LogP contribution in [-0.2, 0) is 10.0 Å². The molecule has 1 heterocycles. The number of hydrogen-bond acceptors (Lipinski definition) is 5. The molecule has 0 amide bonds. The van der Waals surface area contributed by atoms with Crippen molar-refractivity contribution in [2.24, 2.45) is 0 Å². The van der Waals surface area contributed by atoms with Gasteiger partial charge < -0.3 is 4.74 Å². The minimum atomic E-state index is -3.68. The van der Waals surface area contributed by atoms with E-state index in [0.717, 1.165) is 16.9 Å². The van der Waals surface area contributed by atoms with Gasteiger partial charge in [0.25, 0.3) is 10.0 Å². The zero-order valence-electron chi connectivity index (χ0n) is 11.1. The monoisotopic (exact) mass is 332 g/mol. The van der Waals surface area contributed by atoms with Crippen LogP contribution in [0.3, 0.4) is 0 Å². The van der Waals surface area contributed by atoms with Gasteiger partial charge in [-0.05, 0) is 37.6 Å². The number of hydrogen-bond donors (Lipinski definition) is 1. The second kappa shape index (κ2) is 5.59. The first-order valence-electron chi connectivity index (χ1n) is 5.64. The standard InChI is InChI=1S/C12H13ClN2O3S2/c1-7-6-9(18-3)4-5-10(7)15-20(16,17)11-8(2)14-12(13)19-11/h4-6,15H,1-3H3. The number of halogens is 1. The number of nitrogens with zero attached hydrogens (tertiary/aromatic N) is 1. The van der Waals surface area contributed by atoms with Crippen molar-refractivity contribution in [1.82, 2.24) is 4.98 Å². The smallest absolute Gasteiger partial charge is 0.273 e. The van der Waals surface area contributed by atoms with Crippen LogP contribution in [0.4, 0.5) is 5.69 Å². The molecule has 1 N–H and O–H groups in total. The molecule has 2 aromatic rings. The molecule has 0 aliphatic carbocycles. The van der Waals surface area contributed by atoms with Gasteiger partial charge in [-0.2, -0.15) is 0 Å². The second-order valence-electron chi connectivity index (χ2n) is 4.13. The Morgan fingerprint density at radius 3 is 2.55 bits per heavy atom. The van der Waals surface area contributed by atoms with Crippen LogP contribution < -0.4 is 9.46 Å². The zero-order valence-corrected chi connectivity index (χ0v) is 13.5. The van der Waals surface area contributed by atoms with E-state index in [9.17, 15) is 8.42 Å². The maximum Gasteiger partial charge on any atom is 0.273 e. The summed E-state index contributed by atoms with van der Waals surface area (Å²) in [5.41, 5.74) is 1.65. The van der Waals surface area contributed by atoms with Gasteiger partial charge >= 0.3 is 0 Å². The normalized spacial score (nSPS) is 11.4. The Morgan fingerprint density at radius 1 is 1.35 bits per heavy atom. The summed E-state index contributed by atoms with van der Waals surface area (Å²) < 4.78 is 32.6. The highest BCUT2D eigenvalue weighted by Crippen LogP contribution is 2.30. The van der Waals surface area contributed by atoms with E-state index in [1.165, 1.54) is 0 Å². The van der Waals surface area contributed by atoms with E-state index in [-0.39, 0.29) is 8.68 Å². The molecule has 0 radical (unpaired) electrons. The average Bonchev–Trinajstić information content (AvgIpc) is 2.71. The van der Waals surface area contributed by atoms with Gasteiger partial charge in [0.1, 0.15) is 5.75 Å². The number of aryl methyl sites for hydroxylation is 2. The third-order valence-corrected chi connectivity index (χ3v) is 5.89. The first kappa shape index (κ1) is 15.1. The van der Waals surface area contributed by atoms with Gasteiger partial charge in [-0.25, -0.2) is 13.4 Å². The fourth-order valence-electron chi connectivity index (χ4n) is 1.67. The van der Waals surface area contributed by atoms with Crippen molar-refractivity contribution < 1.29 is 13.2 Å². The van der Waals surface area contributed by atoms with Crippen molar-refractivity contribution in [3.63, 3.8) is 0 Å². The number of benzene rings is 1. The van der Waals surface area contributed by atoms with Gasteiger partial charge in [0.15, 0.2) is 8.68 Å². The lowest BCUT2D eigenvalue weighted by Gasteiger charge is -2.10. The molecule has 0 saturated heterocycles. The second-order valence-corrected chi connectivity index (χ2v) is 7.58. The van der Waals surface area contributed by atoms with Gasteiger partial charge in [-0.3, -0.25) is 4.72 Å². The zero-order chi connectivity index (χ0) is 14.9. The van der Waals surface area contributed by atoms with Crippen molar-refractivity contribution in [2.45, 2.75) is 18.1 Å². The molecule has 0 aliphatic heterocycles. The van der Waals surface area contributed by atoms with E-state index >= 15 is 0 Å². The third-order valence-electron chi connectivity index (χ3n) is 2.65. The van der Waals surface area contributed by atoms with E-state index in [1.807, 2.05) is 0 Å². The number of aromatic nitrogens is 1. The molecule has 0 saturated carbocycles. The molecule has 1 aromatic heterocycles. The molecule has 2 rings (SSSR count). The number of thiazole rings is 1. The summed E-state index contributed by atoms with van der Waals surface area (Å²) in [4.78, 5) is 3.91. The predicted molar refractivity (Wildman–Crippen MR) is 80.4 cm³/mol. The van der Waals surface area contributed by atoms with Gasteiger partial charge in [0, 0.05) is 0 Å². The minimum absolute atomic E-state index is 0.123. The topological polar surface area (TPSA) is 68.3 Å². The molecule has 20 heavy (non-hydrogen) atoms. The minimum Gasteiger partial charge on any atom is -0.497 e. The van der Waals surface area contributed by atoms with Crippen molar-refractivity contribution in [3.05, 3.63) is 33.9 Å². The van der Waals surface area contributed by atoms with Gasteiger partial charge in [-0.1, -0.05) is 22.9 Å². The van der Waals surface area contributed by atoms with E-state index < -0.39 is 10.0 Å². The lowest BCUT2D eigenvalue weighted by Crippen LogP contribution is -2.13. The average molecular weight is 333 g/mol. The van der Waals surface area contributed by atoms with E-state index in [2.05, 4.69) is 9.71 Å². The van der Waals surface area contributed by atoms with Crippen LogP contribution in [0.15, 0.2) is 22.4 Å². The lowest BCUT2D eigenvalue weighted by atomic mass is 10.2. The molecule has 0 unspecified atom stereocenters. The molecular formula is C12H13ClN2O3S2. The number of sulfonamides is 1. The van der Waals surface area contributed by atoms with Crippen LogP contribution in [0.5, 0.6) is 5.75 Å². The summed E-state index contributed by atoms with van der Waals surface area (Å²) in [5, 5.41) is 0. The molecular weight excluding hydrogens is 320 g/mol. The van der Waals surface area contributed by atoms with Gasteiger partial charge in [-0.15, -0.1) is 0 Å². The maximum absolute atomic E-state index is 12.3. The number of methoxy groups -OCH3 is 1. The van der Waals surface area contributed by atoms with E-state index in [4.69, 9.17) is 16.3 Å². The SMILES string of the molecule is COc1ccc(NS(=O)(=O)c2sc(Cl)nc2C)c(C)c1. The Morgan fingerprint density at radius 2 is 2.05 bits per heavy atom.